The lowest BCUT2D eigenvalue weighted by Crippen LogP contribution is -2.15. The highest BCUT2D eigenvalue weighted by Gasteiger charge is 2.37. The minimum absolute atomic E-state index is 0.0981. The summed E-state index contributed by atoms with van der Waals surface area (Å²) in [6.45, 7) is 4.71. The van der Waals surface area contributed by atoms with Gasteiger partial charge < -0.3 is 9.32 Å². The molecule has 0 atom stereocenters. The topological polar surface area (TPSA) is 16.4 Å². The van der Waals surface area contributed by atoms with Crippen LogP contribution in [-0.2, 0) is 5.41 Å². The lowest BCUT2D eigenvalue weighted by atomic mass is 9.82. The molecule has 270 valence electrons. The average Bonchev–Trinajstić information content (AvgIpc) is 3.76. The van der Waals surface area contributed by atoms with Crippen molar-refractivity contribution in [3.05, 3.63) is 211 Å². The number of anilines is 3. The summed E-state index contributed by atoms with van der Waals surface area (Å²) in [7, 11) is 0. The number of hydrogen-bond acceptors (Lipinski definition) is 2. The van der Waals surface area contributed by atoms with Gasteiger partial charge in [-0.05, 0) is 97.7 Å². The summed E-state index contributed by atoms with van der Waals surface area (Å²) in [6, 6.07) is 72.8. The molecular formula is C55H39NO. The maximum absolute atomic E-state index is 6.17. The number of para-hydroxylation sites is 3. The van der Waals surface area contributed by atoms with Gasteiger partial charge in [0.05, 0.1) is 11.4 Å². The van der Waals surface area contributed by atoms with Crippen LogP contribution >= 0.6 is 0 Å². The van der Waals surface area contributed by atoms with Crippen molar-refractivity contribution in [1.29, 1.82) is 0 Å². The Morgan fingerprint density at radius 3 is 1.74 bits per heavy atom. The van der Waals surface area contributed by atoms with Gasteiger partial charge in [-0.15, -0.1) is 0 Å². The molecule has 57 heavy (non-hydrogen) atoms. The van der Waals surface area contributed by atoms with Crippen molar-refractivity contribution >= 4 is 49.8 Å². The molecule has 1 heterocycles. The second-order valence-electron chi connectivity index (χ2n) is 15.7. The van der Waals surface area contributed by atoms with E-state index in [2.05, 4.69) is 207 Å². The van der Waals surface area contributed by atoms with Crippen molar-refractivity contribution in [2.75, 3.05) is 4.90 Å². The van der Waals surface area contributed by atoms with Crippen LogP contribution in [0.25, 0.3) is 77.2 Å². The molecule has 1 aliphatic rings. The zero-order valence-electron chi connectivity index (χ0n) is 31.9. The van der Waals surface area contributed by atoms with E-state index < -0.39 is 0 Å². The van der Waals surface area contributed by atoms with Crippen molar-refractivity contribution in [3.63, 3.8) is 0 Å². The van der Waals surface area contributed by atoms with Gasteiger partial charge >= 0.3 is 0 Å². The smallest absolute Gasteiger partial charge is 0.135 e. The van der Waals surface area contributed by atoms with Crippen molar-refractivity contribution in [2.45, 2.75) is 19.3 Å². The third kappa shape index (κ3) is 5.25. The van der Waals surface area contributed by atoms with E-state index in [0.29, 0.717) is 0 Å². The van der Waals surface area contributed by atoms with Gasteiger partial charge in [0.15, 0.2) is 0 Å². The molecule has 0 amide bonds. The van der Waals surface area contributed by atoms with E-state index in [4.69, 9.17) is 4.42 Å². The van der Waals surface area contributed by atoms with Crippen molar-refractivity contribution in [1.82, 2.24) is 0 Å². The normalized spacial score (nSPS) is 12.9. The molecule has 1 aromatic heterocycles. The number of hydrogen-bond donors (Lipinski definition) is 0. The molecule has 2 nitrogen and oxygen atoms in total. The predicted octanol–water partition coefficient (Wildman–Crippen LogP) is 15.5. The van der Waals surface area contributed by atoms with Gasteiger partial charge in [-0.25, -0.2) is 0 Å². The Bertz CT molecular complexity index is 3160. The fraction of sp³-hybridized carbons (Fsp3) is 0.0545. The Kier molecular flexibility index (Phi) is 7.55. The molecule has 0 fully saturated rings. The molecule has 9 aromatic carbocycles. The minimum atomic E-state index is -0.0981. The highest BCUT2D eigenvalue weighted by atomic mass is 16.3. The summed E-state index contributed by atoms with van der Waals surface area (Å²) in [5, 5.41) is 4.73. The van der Waals surface area contributed by atoms with Crippen molar-refractivity contribution in [2.24, 2.45) is 0 Å². The summed E-state index contributed by atoms with van der Waals surface area (Å²) in [4.78, 5) is 2.47. The summed E-state index contributed by atoms with van der Waals surface area (Å²) < 4.78 is 6.17. The summed E-state index contributed by atoms with van der Waals surface area (Å²) in [6.07, 6.45) is 0. The molecule has 0 aliphatic heterocycles. The zero-order valence-corrected chi connectivity index (χ0v) is 31.9. The molecule has 10 aromatic rings. The lowest BCUT2D eigenvalue weighted by molar-refractivity contribution is 0.660. The van der Waals surface area contributed by atoms with Crippen LogP contribution in [0.4, 0.5) is 17.1 Å². The first-order valence-electron chi connectivity index (χ1n) is 19.8. The quantitative estimate of drug-likeness (QED) is 0.169. The Morgan fingerprint density at radius 2 is 0.930 bits per heavy atom. The molecule has 2 heteroatoms. The highest BCUT2D eigenvalue weighted by molar-refractivity contribution is 6.07. The van der Waals surface area contributed by atoms with Gasteiger partial charge in [0, 0.05) is 33.0 Å². The first-order chi connectivity index (χ1) is 28.0. The van der Waals surface area contributed by atoms with Crippen LogP contribution in [0.3, 0.4) is 0 Å². The number of nitrogens with zero attached hydrogens (tertiary/aromatic N) is 1. The SMILES string of the molecule is CC1(C)c2ccccc2-c2c(-c3ccccc3N(c3ccc(-c4ccc5oc6ccccc6c5c4)cc3)c3ccccc3-c3cccc4ccccc34)cccc21. The van der Waals surface area contributed by atoms with Gasteiger partial charge in [-0.1, -0.05) is 172 Å². The maximum atomic E-state index is 6.17. The van der Waals surface area contributed by atoms with Crippen LogP contribution in [0.15, 0.2) is 205 Å². The Balaban J connectivity index is 1.12. The van der Waals surface area contributed by atoms with Crippen molar-refractivity contribution in [3.8, 4) is 44.5 Å². The number of furan rings is 1. The third-order valence-corrected chi connectivity index (χ3v) is 12.1. The maximum Gasteiger partial charge on any atom is 0.135 e. The van der Waals surface area contributed by atoms with Gasteiger partial charge in [-0.2, -0.15) is 0 Å². The Morgan fingerprint density at radius 1 is 0.386 bits per heavy atom. The second-order valence-corrected chi connectivity index (χ2v) is 15.7. The van der Waals surface area contributed by atoms with Crippen LogP contribution < -0.4 is 4.90 Å². The first kappa shape index (κ1) is 33.2. The third-order valence-electron chi connectivity index (χ3n) is 12.1. The van der Waals surface area contributed by atoms with Gasteiger partial charge in [0.25, 0.3) is 0 Å². The zero-order chi connectivity index (χ0) is 38.1. The summed E-state index contributed by atoms with van der Waals surface area (Å²) in [5.41, 5.74) is 17.6. The summed E-state index contributed by atoms with van der Waals surface area (Å²) in [5.74, 6) is 0. The van der Waals surface area contributed by atoms with E-state index in [1.54, 1.807) is 0 Å². The largest absolute Gasteiger partial charge is 0.456 e. The fourth-order valence-corrected chi connectivity index (χ4v) is 9.35. The molecule has 0 saturated heterocycles. The van der Waals surface area contributed by atoms with E-state index in [1.165, 1.54) is 55.3 Å². The average molecular weight is 730 g/mol. The summed E-state index contributed by atoms with van der Waals surface area (Å²) >= 11 is 0. The molecule has 0 spiro atoms. The van der Waals surface area contributed by atoms with E-state index >= 15 is 0 Å². The number of benzene rings is 9. The highest BCUT2D eigenvalue weighted by Crippen LogP contribution is 2.54. The van der Waals surface area contributed by atoms with E-state index in [0.717, 1.165) is 50.1 Å². The molecular weight excluding hydrogens is 691 g/mol. The van der Waals surface area contributed by atoms with Crippen LogP contribution in [0.5, 0.6) is 0 Å². The standard InChI is InChI=1S/C55H39NO/c1-55(2)48-24-9-5-21-46(48)54-45(23-14-25-49(54)55)43-19-7-11-27-51(43)56(50-26-10-6-18-42(50)41-22-13-16-37-15-3-4-17-40(37)41)39-32-29-36(30-33-39)38-31-34-53-47(35-38)44-20-8-12-28-52(44)57-53/h3-35H,1-2H3. The monoisotopic (exact) mass is 729 g/mol. The number of fused-ring (bicyclic) bond motifs is 7. The van der Waals surface area contributed by atoms with Crippen LogP contribution in [-0.4, -0.2) is 0 Å². The molecule has 0 unspecified atom stereocenters. The van der Waals surface area contributed by atoms with Crippen LogP contribution in [0, 0.1) is 0 Å². The molecule has 0 bridgehead atoms. The first-order valence-corrected chi connectivity index (χ1v) is 19.8. The molecule has 0 N–H and O–H groups in total. The van der Waals surface area contributed by atoms with E-state index in [9.17, 15) is 0 Å². The molecule has 0 radical (unpaired) electrons. The van der Waals surface area contributed by atoms with E-state index in [1.807, 2.05) is 12.1 Å². The Labute approximate surface area is 332 Å². The number of rotatable bonds is 6. The lowest BCUT2D eigenvalue weighted by Gasteiger charge is -2.30. The van der Waals surface area contributed by atoms with Gasteiger partial charge in [0.1, 0.15) is 11.2 Å². The van der Waals surface area contributed by atoms with Crippen LogP contribution in [0.1, 0.15) is 25.0 Å². The molecule has 0 saturated carbocycles. The molecule has 11 rings (SSSR count). The van der Waals surface area contributed by atoms with Crippen LogP contribution in [0.2, 0.25) is 0 Å². The van der Waals surface area contributed by atoms with Gasteiger partial charge in [0.2, 0.25) is 0 Å². The fourth-order valence-electron chi connectivity index (χ4n) is 9.35. The minimum Gasteiger partial charge on any atom is -0.456 e. The Hall–Kier alpha value is -7.16. The molecule has 1 aliphatic carbocycles. The predicted molar refractivity (Wildman–Crippen MR) is 240 cm³/mol. The van der Waals surface area contributed by atoms with Gasteiger partial charge in [-0.3, -0.25) is 0 Å². The van der Waals surface area contributed by atoms with Crippen molar-refractivity contribution < 1.29 is 4.42 Å². The second kappa shape index (κ2) is 13.0. The van der Waals surface area contributed by atoms with E-state index in [-0.39, 0.29) is 5.41 Å².